The molecule has 1 saturated heterocycles. The third-order valence-corrected chi connectivity index (χ3v) is 1.83. The summed E-state index contributed by atoms with van der Waals surface area (Å²) < 4.78 is 0. The number of amides is 1. The molecule has 0 bridgehead atoms. The first-order valence-corrected chi connectivity index (χ1v) is 3.71. The van der Waals surface area contributed by atoms with E-state index in [0.717, 1.165) is 13.1 Å². The fraction of sp³-hybridized carbons (Fsp3) is 0.857. The van der Waals surface area contributed by atoms with Crippen LogP contribution in [0.1, 0.15) is 13.3 Å². The van der Waals surface area contributed by atoms with Crippen molar-refractivity contribution in [3.63, 3.8) is 0 Å². The second-order valence-electron chi connectivity index (χ2n) is 2.73. The van der Waals surface area contributed by atoms with Gasteiger partial charge in [-0.15, -0.1) is 0 Å². The van der Waals surface area contributed by atoms with Crippen LogP contribution in [0.15, 0.2) is 0 Å². The SMILES string of the molecule is CCN[C@@H]1CC(=O)N(C)C1. The van der Waals surface area contributed by atoms with Crippen LogP contribution < -0.4 is 5.32 Å². The van der Waals surface area contributed by atoms with Crippen molar-refractivity contribution in [1.82, 2.24) is 10.2 Å². The van der Waals surface area contributed by atoms with Crippen molar-refractivity contribution in [2.24, 2.45) is 0 Å². The number of carbonyl (C=O) groups excluding carboxylic acids is 1. The number of nitrogens with zero attached hydrogens (tertiary/aromatic N) is 1. The van der Waals surface area contributed by atoms with Crippen molar-refractivity contribution >= 4 is 5.91 Å². The van der Waals surface area contributed by atoms with E-state index in [-0.39, 0.29) is 5.91 Å². The summed E-state index contributed by atoms with van der Waals surface area (Å²) in [6, 6.07) is 0.391. The summed E-state index contributed by atoms with van der Waals surface area (Å²) in [5.41, 5.74) is 0. The molecule has 0 unspecified atom stereocenters. The van der Waals surface area contributed by atoms with Crippen molar-refractivity contribution in [3.05, 3.63) is 0 Å². The Hall–Kier alpha value is -0.570. The van der Waals surface area contributed by atoms with Gasteiger partial charge in [-0.2, -0.15) is 0 Å². The summed E-state index contributed by atoms with van der Waals surface area (Å²) in [4.78, 5) is 12.7. The number of nitrogens with one attached hydrogen (secondary N) is 1. The Bertz CT molecular complexity index is 136. The van der Waals surface area contributed by atoms with Crippen LogP contribution in [-0.2, 0) is 4.79 Å². The molecular formula is C7H14N2O. The Labute approximate surface area is 61.4 Å². The maximum Gasteiger partial charge on any atom is 0.224 e. The molecule has 1 amide bonds. The first kappa shape index (κ1) is 7.54. The molecule has 0 radical (unpaired) electrons. The van der Waals surface area contributed by atoms with Crippen LogP contribution in [0.4, 0.5) is 0 Å². The van der Waals surface area contributed by atoms with Crippen LogP contribution >= 0.6 is 0 Å². The fourth-order valence-electron chi connectivity index (χ4n) is 1.29. The third-order valence-electron chi connectivity index (χ3n) is 1.83. The van der Waals surface area contributed by atoms with Crippen LogP contribution in [0.2, 0.25) is 0 Å². The maximum absolute atomic E-state index is 10.9. The molecule has 0 aromatic carbocycles. The molecule has 0 aromatic rings. The molecule has 3 heteroatoms. The Morgan fingerprint density at radius 3 is 2.90 bits per heavy atom. The van der Waals surface area contributed by atoms with Gasteiger partial charge in [-0.3, -0.25) is 4.79 Å². The summed E-state index contributed by atoms with van der Waals surface area (Å²) >= 11 is 0. The van der Waals surface area contributed by atoms with E-state index in [0.29, 0.717) is 12.5 Å². The molecule has 1 aliphatic rings. The van der Waals surface area contributed by atoms with Crippen LogP contribution in [0.25, 0.3) is 0 Å². The predicted octanol–water partition coefficient (Wildman–Crippen LogP) is -0.173. The number of likely N-dealkylation sites (tertiary alicyclic amines) is 1. The topological polar surface area (TPSA) is 32.3 Å². The molecule has 3 nitrogen and oxygen atoms in total. The molecule has 0 aromatic heterocycles. The highest BCUT2D eigenvalue weighted by molar-refractivity contribution is 5.78. The molecule has 1 heterocycles. The minimum absolute atomic E-state index is 0.256. The van der Waals surface area contributed by atoms with Crippen molar-refractivity contribution in [3.8, 4) is 0 Å². The van der Waals surface area contributed by atoms with Gasteiger partial charge in [-0.25, -0.2) is 0 Å². The standard InChI is InChI=1S/C7H14N2O/c1-3-8-6-4-7(10)9(2)5-6/h6,8H,3-5H2,1-2H3/t6-/m1/s1. The van der Waals surface area contributed by atoms with E-state index in [1.807, 2.05) is 7.05 Å². The summed E-state index contributed by atoms with van der Waals surface area (Å²) in [5.74, 6) is 0.256. The molecular weight excluding hydrogens is 128 g/mol. The Balaban J connectivity index is 2.34. The van der Waals surface area contributed by atoms with Gasteiger partial charge in [0.15, 0.2) is 0 Å². The lowest BCUT2D eigenvalue weighted by atomic mass is 10.2. The average molecular weight is 142 g/mol. The second kappa shape index (κ2) is 3.01. The molecule has 0 saturated carbocycles. The van der Waals surface area contributed by atoms with Crippen LogP contribution in [0, 0.1) is 0 Å². The van der Waals surface area contributed by atoms with Gasteiger partial charge in [0.1, 0.15) is 0 Å². The van der Waals surface area contributed by atoms with Crippen LogP contribution in [0.3, 0.4) is 0 Å². The largest absolute Gasteiger partial charge is 0.344 e. The van der Waals surface area contributed by atoms with Gasteiger partial charge in [0.2, 0.25) is 5.91 Å². The molecule has 0 aliphatic carbocycles. The van der Waals surface area contributed by atoms with Gasteiger partial charge in [-0.05, 0) is 6.54 Å². The molecule has 1 aliphatic heterocycles. The van der Waals surface area contributed by atoms with E-state index in [9.17, 15) is 4.79 Å². The number of hydrogen-bond acceptors (Lipinski definition) is 2. The monoisotopic (exact) mass is 142 g/mol. The second-order valence-corrected chi connectivity index (χ2v) is 2.73. The molecule has 1 N–H and O–H groups in total. The van der Waals surface area contributed by atoms with Gasteiger partial charge in [0.25, 0.3) is 0 Å². The third kappa shape index (κ3) is 1.48. The molecule has 10 heavy (non-hydrogen) atoms. The lowest BCUT2D eigenvalue weighted by molar-refractivity contribution is -0.126. The average Bonchev–Trinajstić information content (AvgIpc) is 2.14. The predicted molar refractivity (Wildman–Crippen MR) is 39.7 cm³/mol. The van der Waals surface area contributed by atoms with Gasteiger partial charge < -0.3 is 10.2 Å². The molecule has 1 atom stereocenters. The summed E-state index contributed by atoms with van der Waals surface area (Å²) in [6.45, 7) is 3.88. The Morgan fingerprint density at radius 2 is 2.50 bits per heavy atom. The highest BCUT2D eigenvalue weighted by Crippen LogP contribution is 2.07. The van der Waals surface area contributed by atoms with Gasteiger partial charge in [0.05, 0.1) is 0 Å². The minimum Gasteiger partial charge on any atom is -0.344 e. The van der Waals surface area contributed by atoms with Gasteiger partial charge in [0, 0.05) is 26.1 Å². The quantitative estimate of drug-likeness (QED) is 0.580. The van der Waals surface area contributed by atoms with E-state index in [1.54, 1.807) is 4.90 Å². The highest BCUT2D eigenvalue weighted by atomic mass is 16.2. The zero-order valence-electron chi connectivity index (χ0n) is 6.55. The van der Waals surface area contributed by atoms with Crippen LogP contribution in [0.5, 0.6) is 0 Å². The van der Waals surface area contributed by atoms with E-state index < -0.39 is 0 Å². The lowest BCUT2D eigenvalue weighted by Gasteiger charge is -2.09. The van der Waals surface area contributed by atoms with Crippen molar-refractivity contribution < 1.29 is 4.79 Å². The van der Waals surface area contributed by atoms with Gasteiger partial charge in [-0.1, -0.05) is 6.92 Å². The maximum atomic E-state index is 10.9. The molecule has 0 spiro atoms. The lowest BCUT2D eigenvalue weighted by Crippen LogP contribution is -2.31. The minimum atomic E-state index is 0.256. The van der Waals surface area contributed by atoms with E-state index in [4.69, 9.17) is 0 Å². The van der Waals surface area contributed by atoms with E-state index in [1.165, 1.54) is 0 Å². The first-order valence-electron chi connectivity index (χ1n) is 3.71. The number of rotatable bonds is 2. The van der Waals surface area contributed by atoms with Crippen molar-refractivity contribution in [2.45, 2.75) is 19.4 Å². The number of carbonyl (C=O) groups is 1. The normalized spacial score (nSPS) is 26.0. The molecule has 1 fully saturated rings. The number of hydrogen-bond donors (Lipinski definition) is 1. The van der Waals surface area contributed by atoms with E-state index in [2.05, 4.69) is 12.2 Å². The van der Waals surface area contributed by atoms with Crippen LogP contribution in [-0.4, -0.2) is 37.0 Å². The Kier molecular flexibility index (Phi) is 2.27. The summed E-state index contributed by atoms with van der Waals surface area (Å²) in [7, 11) is 1.85. The highest BCUT2D eigenvalue weighted by Gasteiger charge is 2.25. The van der Waals surface area contributed by atoms with Gasteiger partial charge >= 0.3 is 0 Å². The Morgan fingerprint density at radius 1 is 1.80 bits per heavy atom. The number of likely N-dealkylation sites (N-methyl/N-ethyl adjacent to an activating group) is 2. The summed E-state index contributed by atoms with van der Waals surface area (Å²) in [6.07, 6.45) is 0.671. The van der Waals surface area contributed by atoms with Crippen molar-refractivity contribution in [2.75, 3.05) is 20.1 Å². The van der Waals surface area contributed by atoms with Crippen molar-refractivity contribution in [1.29, 1.82) is 0 Å². The van der Waals surface area contributed by atoms with E-state index >= 15 is 0 Å². The smallest absolute Gasteiger partial charge is 0.224 e. The fourth-order valence-corrected chi connectivity index (χ4v) is 1.29. The molecule has 1 rings (SSSR count). The molecule has 58 valence electrons. The summed E-state index contributed by atoms with van der Waals surface area (Å²) in [5, 5.41) is 3.24. The zero-order chi connectivity index (χ0) is 7.56. The zero-order valence-corrected chi connectivity index (χ0v) is 6.55. The first-order chi connectivity index (χ1) is 4.74.